The molecule has 0 bridgehead atoms. The van der Waals surface area contributed by atoms with Crippen LogP contribution in [0, 0.1) is 6.92 Å². The Kier molecular flexibility index (Phi) is 9.49. The maximum absolute atomic E-state index is 13.6. The van der Waals surface area contributed by atoms with Gasteiger partial charge >= 0.3 is 0 Å². The molecule has 0 unspecified atom stereocenters. The van der Waals surface area contributed by atoms with E-state index in [4.69, 9.17) is 4.74 Å². The highest BCUT2D eigenvalue weighted by Gasteiger charge is 2.32. The van der Waals surface area contributed by atoms with E-state index in [1.807, 2.05) is 52.0 Å². The van der Waals surface area contributed by atoms with Crippen molar-refractivity contribution >= 4 is 27.5 Å². The normalized spacial score (nSPS) is 12.2. The second kappa shape index (κ2) is 11.9. The van der Waals surface area contributed by atoms with Crippen LogP contribution in [0.15, 0.2) is 48.5 Å². The molecule has 1 N–H and O–H groups in total. The molecule has 9 heteroatoms. The van der Waals surface area contributed by atoms with Gasteiger partial charge in [-0.2, -0.15) is 0 Å². The van der Waals surface area contributed by atoms with Crippen LogP contribution in [-0.2, 0) is 26.2 Å². The van der Waals surface area contributed by atoms with Gasteiger partial charge in [0.15, 0.2) is 0 Å². The average molecular weight is 490 g/mol. The quantitative estimate of drug-likeness (QED) is 0.523. The molecule has 2 aromatic carbocycles. The lowest BCUT2D eigenvalue weighted by molar-refractivity contribution is -0.140. The van der Waals surface area contributed by atoms with E-state index in [-0.39, 0.29) is 18.5 Å². The molecule has 8 nitrogen and oxygen atoms in total. The van der Waals surface area contributed by atoms with Gasteiger partial charge in [-0.15, -0.1) is 0 Å². The fourth-order valence-corrected chi connectivity index (χ4v) is 4.41. The maximum Gasteiger partial charge on any atom is 0.244 e. The highest BCUT2D eigenvalue weighted by atomic mass is 32.2. The molecule has 0 aromatic heterocycles. The molecular weight excluding hydrogens is 454 g/mol. The van der Waals surface area contributed by atoms with Crippen molar-refractivity contribution in [1.29, 1.82) is 0 Å². The summed E-state index contributed by atoms with van der Waals surface area (Å²) in [7, 11) is -2.31. The van der Waals surface area contributed by atoms with Gasteiger partial charge in [0, 0.05) is 18.7 Å². The summed E-state index contributed by atoms with van der Waals surface area (Å²) in [5.41, 5.74) is 2.24. The van der Waals surface area contributed by atoms with Gasteiger partial charge in [-0.05, 0) is 44.9 Å². The van der Waals surface area contributed by atoms with E-state index < -0.39 is 28.5 Å². The number of benzene rings is 2. The topological polar surface area (TPSA) is 96.0 Å². The SMILES string of the molecule is CC[C@H](C(=O)NC(C)C)N(Cc1ccc(C)cc1)C(=O)CN(c1cccc(OC)c1)S(C)(=O)=O. The summed E-state index contributed by atoms with van der Waals surface area (Å²) in [5.74, 6) is -0.275. The van der Waals surface area contributed by atoms with Crippen molar-refractivity contribution in [3.8, 4) is 5.75 Å². The summed E-state index contributed by atoms with van der Waals surface area (Å²) < 4.78 is 31.5. The Morgan fingerprint density at radius 2 is 1.74 bits per heavy atom. The molecule has 0 saturated heterocycles. The zero-order chi connectivity index (χ0) is 25.5. The van der Waals surface area contributed by atoms with E-state index in [0.29, 0.717) is 17.9 Å². The minimum atomic E-state index is -3.79. The van der Waals surface area contributed by atoms with Crippen LogP contribution in [-0.4, -0.2) is 57.1 Å². The van der Waals surface area contributed by atoms with Crippen molar-refractivity contribution in [3.05, 3.63) is 59.7 Å². The summed E-state index contributed by atoms with van der Waals surface area (Å²) in [6, 6.07) is 13.3. The van der Waals surface area contributed by atoms with Gasteiger partial charge in [-0.1, -0.05) is 42.8 Å². The van der Waals surface area contributed by atoms with Crippen LogP contribution >= 0.6 is 0 Å². The van der Waals surface area contributed by atoms with E-state index in [1.54, 1.807) is 24.3 Å². The lowest BCUT2D eigenvalue weighted by atomic mass is 10.1. The number of amides is 2. The Morgan fingerprint density at radius 1 is 1.09 bits per heavy atom. The molecule has 186 valence electrons. The first-order valence-corrected chi connectivity index (χ1v) is 13.1. The van der Waals surface area contributed by atoms with E-state index in [1.165, 1.54) is 12.0 Å². The summed E-state index contributed by atoms with van der Waals surface area (Å²) >= 11 is 0. The fraction of sp³-hybridized carbons (Fsp3) is 0.440. The van der Waals surface area contributed by atoms with Gasteiger partial charge in [0.1, 0.15) is 18.3 Å². The third kappa shape index (κ3) is 7.48. The van der Waals surface area contributed by atoms with E-state index in [2.05, 4.69) is 5.32 Å². The Labute approximate surface area is 202 Å². The minimum Gasteiger partial charge on any atom is -0.497 e. The van der Waals surface area contributed by atoms with Gasteiger partial charge in [0.25, 0.3) is 0 Å². The molecule has 0 heterocycles. The first-order chi connectivity index (χ1) is 16.0. The van der Waals surface area contributed by atoms with Gasteiger partial charge in [-0.25, -0.2) is 8.42 Å². The zero-order valence-corrected chi connectivity index (χ0v) is 21.6. The molecule has 0 aliphatic carbocycles. The molecule has 2 amide bonds. The fourth-order valence-electron chi connectivity index (χ4n) is 3.57. The zero-order valence-electron chi connectivity index (χ0n) is 20.7. The third-order valence-corrected chi connectivity index (χ3v) is 6.45. The maximum atomic E-state index is 13.6. The van der Waals surface area contributed by atoms with Crippen LogP contribution in [0.3, 0.4) is 0 Å². The van der Waals surface area contributed by atoms with Crippen LogP contribution in [0.1, 0.15) is 38.3 Å². The summed E-state index contributed by atoms with van der Waals surface area (Å²) in [6.07, 6.45) is 1.43. The largest absolute Gasteiger partial charge is 0.497 e. The van der Waals surface area contributed by atoms with Gasteiger partial charge in [-0.3, -0.25) is 13.9 Å². The molecule has 0 spiro atoms. The van der Waals surface area contributed by atoms with E-state index in [9.17, 15) is 18.0 Å². The standard InChI is InChI=1S/C25H35N3O5S/c1-7-23(25(30)26-18(2)3)27(16-20-13-11-19(4)12-14-20)24(29)17-28(34(6,31)32)21-9-8-10-22(15-21)33-5/h8-15,18,23H,7,16-17H2,1-6H3,(H,26,30)/t23-/m1/s1. The molecule has 2 aromatic rings. The highest BCUT2D eigenvalue weighted by molar-refractivity contribution is 7.92. The predicted molar refractivity (Wildman–Crippen MR) is 134 cm³/mol. The summed E-state index contributed by atoms with van der Waals surface area (Å²) in [5, 5.41) is 2.87. The van der Waals surface area contributed by atoms with Gasteiger partial charge < -0.3 is 15.0 Å². The summed E-state index contributed by atoms with van der Waals surface area (Å²) in [4.78, 5) is 28.0. The Morgan fingerprint density at radius 3 is 2.26 bits per heavy atom. The number of nitrogens with zero attached hydrogens (tertiary/aromatic N) is 2. The van der Waals surface area contributed by atoms with Crippen molar-refractivity contribution in [2.24, 2.45) is 0 Å². The Hall–Kier alpha value is -3.07. The van der Waals surface area contributed by atoms with Crippen LogP contribution < -0.4 is 14.4 Å². The van der Waals surface area contributed by atoms with Crippen molar-refractivity contribution in [2.45, 2.75) is 52.7 Å². The Bertz CT molecular complexity index is 1080. The number of nitrogens with one attached hydrogen (secondary N) is 1. The monoisotopic (exact) mass is 489 g/mol. The lowest BCUT2D eigenvalue weighted by Crippen LogP contribution is -2.53. The number of anilines is 1. The first-order valence-electron chi connectivity index (χ1n) is 11.2. The number of rotatable bonds is 11. The number of carbonyl (C=O) groups is 2. The molecule has 0 radical (unpaired) electrons. The number of ether oxygens (including phenoxy) is 1. The van der Waals surface area contributed by atoms with Gasteiger partial charge in [0.2, 0.25) is 21.8 Å². The summed E-state index contributed by atoms with van der Waals surface area (Å²) in [6.45, 7) is 7.24. The predicted octanol–water partition coefficient (Wildman–Crippen LogP) is 3.10. The van der Waals surface area contributed by atoms with Crippen molar-refractivity contribution in [1.82, 2.24) is 10.2 Å². The van der Waals surface area contributed by atoms with Crippen molar-refractivity contribution in [2.75, 3.05) is 24.2 Å². The number of sulfonamides is 1. The number of hydrogen-bond donors (Lipinski definition) is 1. The molecule has 0 aliphatic rings. The van der Waals surface area contributed by atoms with Crippen LogP contribution in [0.25, 0.3) is 0 Å². The Balaban J connectivity index is 2.44. The first kappa shape index (κ1) is 27.2. The molecule has 1 atom stereocenters. The minimum absolute atomic E-state index is 0.0952. The van der Waals surface area contributed by atoms with E-state index in [0.717, 1.165) is 21.7 Å². The number of methoxy groups -OCH3 is 1. The van der Waals surface area contributed by atoms with Crippen LogP contribution in [0.4, 0.5) is 5.69 Å². The van der Waals surface area contributed by atoms with Crippen LogP contribution in [0.2, 0.25) is 0 Å². The molecule has 0 fully saturated rings. The van der Waals surface area contributed by atoms with Crippen molar-refractivity contribution in [3.63, 3.8) is 0 Å². The van der Waals surface area contributed by atoms with E-state index >= 15 is 0 Å². The third-order valence-electron chi connectivity index (χ3n) is 5.31. The highest BCUT2D eigenvalue weighted by Crippen LogP contribution is 2.24. The van der Waals surface area contributed by atoms with Crippen molar-refractivity contribution < 1.29 is 22.7 Å². The van der Waals surface area contributed by atoms with Gasteiger partial charge in [0.05, 0.1) is 19.1 Å². The second-order valence-electron chi connectivity index (χ2n) is 8.57. The molecule has 0 aliphatic heterocycles. The molecule has 34 heavy (non-hydrogen) atoms. The second-order valence-corrected chi connectivity index (χ2v) is 10.5. The number of aryl methyl sites for hydroxylation is 1. The lowest BCUT2D eigenvalue weighted by Gasteiger charge is -2.33. The molecule has 0 saturated carbocycles. The molecular formula is C25H35N3O5S. The number of carbonyl (C=O) groups excluding carboxylic acids is 2. The number of hydrogen-bond acceptors (Lipinski definition) is 5. The molecule has 2 rings (SSSR count). The smallest absolute Gasteiger partial charge is 0.244 e. The average Bonchev–Trinajstić information content (AvgIpc) is 2.77. The van der Waals surface area contributed by atoms with Crippen LogP contribution in [0.5, 0.6) is 5.75 Å².